The van der Waals surface area contributed by atoms with Gasteiger partial charge in [0, 0.05) is 11.9 Å². The van der Waals surface area contributed by atoms with Gasteiger partial charge in [-0.25, -0.2) is 0 Å². The average molecular weight is 199 g/mol. The highest BCUT2D eigenvalue weighted by Crippen LogP contribution is 2.16. The minimum absolute atomic E-state index is 0.975. The Morgan fingerprint density at radius 3 is 2.40 bits per heavy atom. The van der Waals surface area contributed by atoms with Gasteiger partial charge < -0.3 is 0 Å². The van der Waals surface area contributed by atoms with Gasteiger partial charge in [0.2, 0.25) is 0 Å². The molecule has 0 fully saturated rings. The van der Waals surface area contributed by atoms with Crippen LogP contribution >= 0.6 is 0 Å². The Morgan fingerprint density at radius 2 is 1.87 bits per heavy atom. The summed E-state index contributed by atoms with van der Waals surface area (Å²) in [6.07, 6.45) is 3.78. The third kappa shape index (κ3) is 3.55. The first-order valence-corrected chi connectivity index (χ1v) is 5.06. The van der Waals surface area contributed by atoms with Crippen molar-refractivity contribution in [1.29, 1.82) is 0 Å². The van der Waals surface area contributed by atoms with E-state index < -0.39 is 0 Å². The number of aliphatic imine (C=N–C) groups is 1. The highest BCUT2D eigenvalue weighted by Gasteiger charge is 1.95. The van der Waals surface area contributed by atoms with Gasteiger partial charge in [-0.15, -0.1) is 0 Å². The molecular weight excluding hydrogens is 182 g/mol. The van der Waals surface area contributed by atoms with Crippen LogP contribution in [0.1, 0.15) is 25.0 Å². The van der Waals surface area contributed by atoms with Crippen LogP contribution in [0.2, 0.25) is 0 Å². The number of allylic oxidation sites excluding steroid dienone is 3. The predicted octanol–water partition coefficient (Wildman–Crippen LogP) is 4.00. The summed E-state index contributed by atoms with van der Waals surface area (Å²) in [5, 5.41) is 0. The maximum absolute atomic E-state index is 4.18. The van der Waals surface area contributed by atoms with Crippen LogP contribution in [0.25, 0.3) is 5.57 Å². The summed E-state index contributed by atoms with van der Waals surface area (Å²) >= 11 is 0. The van der Waals surface area contributed by atoms with Crippen molar-refractivity contribution in [2.24, 2.45) is 4.99 Å². The molecular formula is C14H17N. The molecule has 0 aliphatic carbocycles. The third-order valence-electron chi connectivity index (χ3n) is 2.14. The molecule has 1 rings (SSSR count). The molecule has 1 nitrogen and oxygen atoms in total. The van der Waals surface area contributed by atoms with Gasteiger partial charge >= 0.3 is 0 Å². The molecule has 0 saturated heterocycles. The smallest absolute Gasteiger partial charge is 0.0374 e. The SMILES string of the molecule is C=C(/C=C(C)/N=C\C)c1ccc(C)cc1. The normalized spacial score (nSPS) is 12.1. The van der Waals surface area contributed by atoms with Crippen molar-refractivity contribution in [1.82, 2.24) is 0 Å². The Morgan fingerprint density at radius 1 is 1.27 bits per heavy atom. The fraction of sp³-hybridized carbons (Fsp3) is 0.214. The Hall–Kier alpha value is -1.63. The standard InChI is InChI=1S/C14H17N/c1-5-15-13(4)10-12(3)14-8-6-11(2)7-9-14/h5-10H,3H2,1-2,4H3/b13-10+,15-5-. The van der Waals surface area contributed by atoms with Gasteiger partial charge in [-0.05, 0) is 38.0 Å². The summed E-state index contributed by atoms with van der Waals surface area (Å²) in [7, 11) is 0. The van der Waals surface area contributed by atoms with Crippen LogP contribution in [-0.4, -0.2) is 6.21 Å². The fourth-order valence-electron chi connectivity index (χ4n) is 1.34. The lowest BCUT2D eigenvalue weighted by Gasteiger charge is -2.01. The van der Waals surface area contributed by atoms with Gasteiger partial charge in [-0.2, -0.15) is 0 Å². The fourth-order valence-corrected chi connectivity index (χ4v) is 1.34. The van der Waals surface area contributed by atoms with Crippen molar-refractivity contribution in [2.75, 3.05) is 0 Å². The van der Waals surface area contributed by atoms with Crippen molar-refractivity contribution in [3.05, 3.63) is 53.7 Å². The van der Waals surface area contributed by atoms with Crippen LogP contribution in [0.3, 0.4) is 0 Å². The molecule has 0 aliphatic rings. The van der Waals surface area contributed by atoms with E-state index in [-0.39, 0.29) is 0 Å². The zero-order chi connectivity index (χ0) is 11.3. The van der Waals surface area contributed by atoms with E-state index in [1.807, 2.05) is 19.9 Å². The summed E-state index contributed by atoms with van der Waals surface area (Å²) in [6.45, 7) is 9.99. The van der Waals surface area contributed by atoms with E-state index >= 15 is 0 Å². The second-order valence-electron chi connectivity index (χ2n) is 3.56. The Labute approximate surface area is 91.9 Å². The summed E-state index contributed by atoms with van der Waals surface area (Å²) in [5.41, 5.74) is 4.38. The first-order valence-electron chi connectivity index (χ1n) is 5.06. The van der Waals surface area contributed by atoms with E-state index in [1.54, 1.807) is 6.21 Å². The number of aryl methyl sites for hydroxylation is 1. The third-order valence-corrected chi connectivity index (χ3v) is 2.14. The molecule has 0 aliphatic heterocycles. The molecule has 78 valence electrons. The van der Waals surface area contributed by atoms with E-state index in [0.717, 1.165) is 16.8 Å². The second kappa shape index (κ2) is 5.30. The molecule has 0 bridgehead atoms. The lowest BCUT2D eigenvalue weighted by Crippen LogP contribution is -1.81. The Balaban J connectivity index is 2.86. The lowest BCUT2D eigenvalue weighted by atomic mass is 10.1. The van der Waals surface area contributed by atoms with Crippen molar-refractivity contribution in [3.63, 3.8) is 0 Å². The zero-order valence-corrected chi connectivity index (χ0v) is 9.62. The lowest BCUT2D eigenvalue weighted by molar-refractivity contribution is 1.31. The van der Waals surface area contributed by atoms with E-state index in [4.69, 9.17) is 0 Å². The molecule has 0 N–H and O–H groups in total. The molecule has 0 spiro atoms. The maximum atomic E-state index is 4.18. The summed E-state index contributed by atoms with van der Waals surface area (Å²) < 4.78 is 0. The van der Waals surface area contributed by atoms with Gasteiger partial charge in [-0.3, -0.25) is 4.99 Å². The molecule has 1 aromatic carbocycles. The van der Waals surface area contributed by atoms with Crippen molar-refractivity contribution in [3.8, 4) is 0 Å². The van der Waals surface area contributed by atoms with E-state index in [2.05, 4.69) is 42.8 Å². The van der Waals surface area contributed by atoms with Crippen molar-refractivity contribution >= 4 is 11.8 Å². The van der Waals surface area contributed by atoms with Crippen molar-refractivity contribution in [2.45, 2.75) is 20.8 Å². The van der Waals surface area contributed by atoms with Gasteiger partial charge in [0.05, 0.1) is 0 Å². The molecule has 0 radical (unpaired) electrons. The van der Waals surface area contributed by atoms with Crippen LogP contribution in [0.15, 0.2) is 47.6 Å². The largest absolute Gasteiger partial charge is 0.266 e. The number of hydrogen-bond donors (Lipinski definition) is 0. The average Bonchev–Trinajstić information content (AvgIpc) is 2.18. The van der Waals surface area contributed by atoms with Gasteiger partial charge in [0.15, 0.2) is 0 Å². The second-order valence-corrected chi connectivity index (χ2v) is 3.56. The van der Waals surface area contributed by atoms with Crippen LogP contribution in [-0.2, 0) is 0 Å². The van der Waals surface area contributed by atoms with Gasteiger partial charge in [0.1, 0.15) is 0 Å². The quantitative estimate of drug-likeness (QED) is 0.515. The monoisotopic (exact) mass is 199 g/mol. The summed E-state index contributed by atoms with van der Waals surface area (Å²) in [5.74, 6) is 0. The minimum Gasteiger partial charge on any atom is -0.266 e. The highest BCUT2D eigenvalue weighted by atomic mass is 14.7. The number of rotatable bonds is 3. The number of nitrogens with zero attached hydrogens (tertiary/aromatic N) is 1. The predicted molar refractivity (Wildman–Crippen MR) is 68.1 cm³/mol. The minimum atomic E-state index is 0.975. The molecule has 0 heterocycles. The summed E-state index contributed by atoms with van der Waals surface area (Å²) in [4.78, 5) is 4.18. The summed E-state index contributed by atoms with van der Waals surface area (Å²) in [6, 6.07) is 8.34. The zero-order valence-electron chi connectivity index (χ0n) is 9.62. The van der Waals surface area contributed by atoms with Gasteiger partial charge in [0.25, 0.3) is 0 Å². The Kier molecular flexibility index (Phi) is 4.04. The molecule has 0 aromatic heterocycles. The van der Waals surface area contributed by atoms with Crippen LogP contribution in [0, 0.1) is 6.92 Å². The molecule has 1 aromatic rings. The van der Waals surface area contributed by atoms with Crippen LogP contribution < -0.4 is 0 Å². The molecule has 0 unspecified atom stereocenters. The topological polar surface area (TPSA) is 12.4 Å². The van der Waals surface area contributed by atoms with E-state index in [0.29, 0.717) is 0 Å². The number of hydrogen-bond acceptors (Lipinski definition) is 1. The first kappa shape index (κ1) is 11.4. The van der Waals surface area contributed by atoms with E-state index in [9.17, 15) is 0 Å². The van der Waals surface area contributed by atoms with Crippen molar-refractivity contribution < 1.29 is 0 Å². The van der Waals surface area contributed by atoms with Crippen LogP contribution in [0.4, 0.5) is 0 Å². The maximum Gasteiger partial charge on any atom is 0.0374 e. The molecule has 15 heavy (non-hydrogen) atoms. The number of benzene rings is 1. The van der Waals surface area contributed by atoms with Gasteiger partial charge in [-0.1, -0.05) is 36.4 Å². The molecule has 1 heteroatoms. The van der Waals surface area contributed by atoms with E-state index in [1.165, 1.54) is 5.56 Å². The highest BCUT2D eigenvalue weighted by molar-refractivity contribution is 5.73. The Bertz CT molecular complexity index is 394. The molecule has 0 amide bonds. The molecule has 0 saturated carbocycles. The first-order chi connectivity index (χ1) is 7.13. The molecule has 0 atom stereocenters. The van der Waals surface area contributed by atoms with Crippen LogP contribution in [0.5, 0.6) is 0 Å².